The molecule has 14 heavy (non-hydrogen) atoms. The van der Waals surface area contributed by atoms with Gasteiger partial charge in [0.05, 0.1) is 5.54 Å². The van der Waals surface area contributed by atoms with Gasteiger partial charge in [-0.25, -0.2) is 0 Å². The van der Waals surface area contributed by atoms with E-state index in [1.54, 1.807) is 0 Å². The van der Waals surface area contributed by atoms with E-state index in [1.165, 1.54) is 19.3 Å². The minimum absolute atomic E-state index is 0.0704. The molecule has 0 aromatic carbocycles. The lowest BCUT2D eigenvalue weighted by Gasteiger charge is -2.27. The number of hydrogen-bond donors (Lipinski definition) is 2. The lowest BCUT2D eigenvalue weighted by atomic mass is 9.86. The van der Waals surface area contributed by atoms with Crippen molar-refractivity contribution in [1.82, 2.24) is 5.43 Å². The SMILES string of the molecule is C=CCC1(CCCCC)CC(N)=NN1. The van der Waals surface area contributed by atoms with Crippen LogP contribution in [0.2, 0.25) is 0 Å². The molecule has 0 amide bonds. The number of amidine groups is 1. The Morgan fingerprint density at radius 3 is 2.93 bits per heavy atom. The van der Waals surface area contributed by atoms with E-state index in [0.717, 1.165) is 25.1 Å². The molecule has 1 aliphatic heterocycles. The minimum Gasteiger partial charge on any atom is -0.386 e. The first kappa shape index (κ1) is 11.1. The maximum atomic E-state index is 5.70. The van der Waals surface area contributed by atoms with Gasteiger partial charge in [-0.05, 0) is 12.8 Å². The monoisotopic (exact) mass is 195 g/mol. The van der Waals surface area contributed by atoms with E-state index in [0.29, 0.717) is 0 Å². The van der Waals surface area contributed by atoms with Gasteiger partial charge < -0.3 is 11.2 Å². The van der Waals surface area contributed by atoms with Crippen molar-refractivity contribution in [2.75, 3.05) is 0 Å². The molecule has 0 spiro atoms. The molecule has 1 unspecified atom stereocenters. The Bertz CT molecular complexity index is 223. The quantitative estimate of drug-likeness (QED) is 0.504. The van der Waals surface area contributed by atoms with Crippen molar-refractivity contribution >= 4 is 5.84 Å². The Morgan fingerprint density at radius 1 is 1.64 bits per heavy atom. The van der Waals surface area contributed by atoms with Crippen molar-refractivity contribution in [1.29, 1.82) is 0 Å². The van der Waals surface area contributed by atoms with E-state index >= 15 is 0 Å². The summed E-state index contributed by atoms with van der Waals surface area (Å²) in [5.74, 6) is 0.725. The van der Waals surface area contributed by atoms with Crippen LogP contribution in [0.4, 0.5) is 0 Å². The average Bonchev–Trinajstić information content (AvgIpc) is 2.49. The highest BCUT2D eigenvalue weighted by atomic mass is 15.4. The molecule has 0 saturated heterocycles. The van der Waals surface area contributed by atoms with E-state index in [1.807, 2.05) is 6.08 Å². The maximum absolute atomic E-state index is 5.70. The normalized spacial score (nSPS) is 25.6. The highest BCUT2D eigenvalue weighted by molar-refractivity contribution is 5.82. The van der Waals surface area contributed by atoms with Gasteiger partial charge in [0.25, 0.3) is 0 Å². The first-order chi connectivity index (χ1) is 6.72. The van der Waals surface area contributed by atoms with Gasteiger partial charge in [-0.3, -0.25) is 0 Å². The fourth-order valence-electron chi connectivity index (χ4n) is 1.97. The van der Waals surface area contributed by atoms with Gasteiger partial charge in [0.1, 0.15) is 5.84 Å². The van der Waals surface area contributed by atoms with Crippen LogP contribution in [0.5, 0.6) is 0 Å². The van der Waals surface area contributed by atoms with Crippen LogP contribution in [0.3, 0.4) is 0 Å². The van der Waals surface area contributed by atoms with Crippen LogP contribution in [0, 0.1) is 0 Å². The fraction of sp³-hybridized carbons (Fsp3) is 0.727. The topological polar surface area (TPSA) is 50.4 Å². The molecule has 1 rings (SSSR count). The summed E-state index contributed by atoms with van der Waals surface area (Å²) < 4.78 is 0. The molecule has 0 aromatic heterocycles. The predicted octanol–water partition coefficient (Wildman–Crippen LogP) is 2.15. The second-order valence-corrected chi connectivity index (χ2v) is 4.12. The van der Waals surface area contributed by atoms with E-state index < -0.39 is 0 Å². The summed E-state index contributed by atoms with van der Waals surface area (Å²) in [5.41, 5.74) is 8.94. The largest absolute Gasteiger partial charge is 0.386 e. The Hall–Kier alpha value is -0.990. The zero-order chi connectivity index (χ0) is 10.4. The van der Waals surface area contributed by atoms with Crippen LogP contribution in [-0.2, 0) is 0 Å². The standard InChI is InChI=1S/C11H21N3/c1-3-5-6-8-11(7-4-2)9-10(12)13-14-11/h4,14H,2-3,5-9H2,1H3,(H2,12,13). The number of unbranched alkanes of at least 4 members (excludes halogenated alkanes) is 2. The zero-order valence-electron chi connectivity index (χ0n) is 9.05. The number of hydrazone groups is 1. The van der Waals surface area contributed by atoms with Crippen molar-refractivity contribution < 1.29 is 0 Å². The van der Waals surface area contributed by atoms with Crippen LogP contribution in [-0.4, -0.2) is 11.4 Å². The predicted molar refractivity (Wildman–Crippen MR) is 61.1 cm³/mol. The molecular weight excluding hydrogens is 174 g/mol. The molecule has 0 aromatic rings. The van der Waals surface area contributed by atoms with Gasteiger partial charge in [-0.1, -0.05) is 32.3 Å². The summed E-state index contributed by atoms with van der Waals surface area (Å²) in [5, 5.41) is 4.08. The molecule has 3 heteroatoms. The number of nitrogens with two attached hydrogens (primary N) is 1. The van der Waals surface area contributed by atoms with Gasteiger partial charge in [-0.15, -0.1) is 6.58 Å². The lowest BCUT2D eigenvalue weighted by Crippen LogP contribution is -2.39. The van der Waals surface area contributed by atoms with Gasteiger partial charge >= 0.3 is 0 Å². The summed E-state index contributed by atoms with van der Waals surface area (Å²) in [6.07, 6.45) is 8.66. The van der Waals surface area contributed by atoms with Gasteiger partial charge in [-0.2, -0.15) is 5.10 Å². The molecule has 0 fully saturated rings. The van der Waals surface area contributed by atoms with Crippen molar-refractivity contribution in [2.45, 2.75) is 51.0 Å². The van der Waals surface area contributed by atoms with Crippen LogP contribution in [0.15, 0.2) is 17.8 Å². The average molecular weight is 195 g/mol. The zero-order valence-corrected chi connectivity index (χ0v) is 9.05. The molecule has 3 nitrogen and oxygen atoms in total. The van der Waals surface area contributed by atoms with Crippen LogP contribution >= 0.6 is 0 Å². The first-order valence-electron chi connectivity index (χ1n) is 5.42. The number of nitrogens with one attached hydrogen (secondary N) is 1. The molecule has 0 radical (unpaired) electrons. The molecule has 0 aliphatic carbocycles. The third-order valence-electron chi connectivity index (χ3n) is 2.75. The van der Waals surface area contributed by atoms with Gasteiger partial charge in [0.15, 0.2) is 0 Å². The van der Waals surface area contributed by atoms with E-state index in [9.17, 15) is 0 Å². The third-order valence-corrected chi connectivity index (χ3v) is 2.75. The van der Waals surface area contributed by atoms with Crippen LogP contribution in [0.1, 0.15) is 45.4 Å². The molecular formula is C11H21N3. The molecule has 0 saturated carbocycles. The van der Waals surface area contributed by atoms with Crippen molar-refractivity contribution in [3.8, 4) is 0 Å². The van der Waals surface area contributed by atoms with Crippen LogP contribution < -0.4 is 11.2 Å². The number of hydrogen-bond acceptors (Lipinski definition) is 3. The summed E-state index contributed by atoms with van der Waals surface area (Å²) in [6, 6.07) is 0. The maximum Gasteiger partial charge on any atom is 0.122 e. The molecule has 80 valence electrons. The highest BCUT2D eigenvalue weighted by Gasteiger charge is 2.33. The van der Waals surface area contributed by atoms with E-state index in [-0.39, 0.29) is 5.54 Å². The smallest absolute Gasteiger partial charge is 0.122 e. The Balaban J connectivity index is 2.43. The summed E-state index contributed by atoms with van der Waals surface area (Å²) in [6.45, 7) is 6.01. The lowest BCUT2D eigenvalue weighted by molar-refractivity contribution is 0.330. The Kier molecular flexibility index (Phi) is 3.98. The molecule has 1 atom stereocenters. The first-order valence-corrected chi connectivity index (χ1v) is 5.42. The molecule has 3 N–H and O–H groups in total. The number of rotatable bonds is 6. The summed E-state index contributed by atoms with van der Waals surface area (Å²) in [4.78, 5) is 0. The summed E-state index contributed by atoms with van der Waals surface area (Å²) >= 11 is 0. The fourth-order valence-corrected chi connectivity index (χ4v) is 1.97. The molecule has 0 bridgehead atoms. The van der Waals surface area contributed by atoms with Crippen molar-refractivity contribution in [2.24, 2.45) is 10.8 Å². The van der Waals surface area contributed by atoms with Crippen molar-refractivity contribution in [3.63, 3.8) is 0 Å². The Morgan fingerprint density at radius 2 is 2.43 bits per heavy atom. The minimum atomic E-state index is 0.0704. The van der Waals surface area contributed by atoms with Crippen LogP contribution in [0.25, 0.3) is 0 Å². The summed E-state index contributed by atoms with van der Waals surface area (Å²) in [7, 11) is 0. The Labute approximate surface area is 86.4 Å². The number of nitrogens with zero attached hydrogens (tertiary/aromatic N) is 1. The van der Waals surface area contributed by atoms with Gasteiger partial charge in [0, 0.05) is 6.42 Å². The third kappa shape index (κ3) is 2.76. The van der Waals surface area contributed by atoms with Gasteiger partial charge in [0.2, 0.25) is 0 Å². The van der Waals surface area contributed by atoms with E-state index in [2.05, 4.69) is 24.0 Å². The van der Waals surface area contributed by atoms with E-state index in [4.69, 9.17) is 5.73 Å². The second-order valence-electron chi connectivity index (χ2n) is 4.12. The van der Waals surface area contributed by atoms with Crippen molar-refractivity contribution in [3.05, 3.63) is 12.7 Å². The molecule has 1 heterocycles. The molecule has 1 aliphatic rings. The second kappa shape index (κ2) is 5.03. The highest BCUT2D eigenvalue weighted by Crippen LogP contribution is 2.27.